The summed E-state index contributed by atoms with van der Waals surface area (Å²) in [6.07, 6.45) is 4.30. The number of hydrogen-bond acceptors (Lipinski definition) is 2. The van der Waals surface area contributed by atoms with Gasteiger partial charge in [0.2, 0.25) is 0 Å². The average Bonchev–Trinajstić information content (AvgIpc) is 1.89. The van der Waals surface area contributed by atoms with Gasteiger partial charge < -0.3 is 10.2 Å². The maximum absolute atomic E-state index is 8.41. The van der Waals surface area contributed by atoms with Crippen molar-refractivity contribution in [2.24, 2.45) is 5.92 Å². The number of allylic oxidation sites excluding steroid dienone is 1. The van der Waals surface area contributed by atoms with Crippen molar-refractivity contribution in [3.63, 3.8) is 0 Å². The van der Waals surface area contributed by atoms with Crippen molar-refractivity contribution >= 4 is 0 Å². The maximum atomic E-state index is 8.41. The maximum Gasteiger partial charge on any atom is 1.00 e. The van der Waals surface area contributed by atoms with Gasteiger partial charge in [0.05, 0.1) is 6.61 Å². The van der Waals surface area contributed by atoms with Gasteiger partial charge in [-0.05, 0) is 0 Å². The Morgan fingerprint density at radius 3 is 2.50 bits per heavy atom. The molecule has 0 aliphatic rings. The molecule has 0 aliphatic heterocycles. The van der Waals surface area contributed by atoms with E-state index in [1.165, 1.54) is 0 Å². The molecule has 0 radical (unpaired) electrons. The first-order chi connectivity index (χ1) is 4.31. The van der Waals surface area contributed by atoms with E-state index in [9.17, 15) is 0 Å². The van der Waals surface area contributed by atoms with E-state index in [-0.39, 0.29) is 81.4 Å². The summed E-state index contributed by atoms with van der Waals surface area (Å²) in [6, 6.07) is 0. The van der Waals surface area contributed by atoms with Crippen LogP contribution in [0.25, 0.3) is 0 Å². The van der Waals surface area contributed by atoms with Crippen molar-refractivity contribution in [1.29, 1.82) is 0 Å². The Bertz CT molecular complexity index is 83.7. The monoisotopic (exact) mass is 262 g/mol. The second kappa shape index (κ2) is 10.7. The molecule has 0 aliphatic carbocycles. The number of hydrogen-bond donors (Lipinski definition) is 2. The molecule has 0 aromatic carbocycles. The first kappa shape index (κ1) is 14.2. The minimum atomic E-state index is 0. The number of aliphatic hydroxyl groups excluding tert-OH is 2. The molecule has 10 heavy (non-hydrogen) atoms. The summed E-state index contributed by atoms with van der Waals surface area (Å²) in [7, 11) is 0. The fraction of sp³-hybridized carbons (Fsp3) is 0.571. The summed E-state index contributed by atoms with van der Waals surface area (Å²) in [4.78, 5) is 0. The van der Waals surface area contributed by atoms with Gasteiger partial charge in [-0.1, -0.05) is 25.5 Å². The molecule has 0 saturated carbocycles. The van der Waals surface area contributed by atoms with E-state index >= 15 is 0 Å². The number of rotatable bonds is 4. The van der Waals surface area contributed by atoms with Crippen LogP contribution in [0.5, 0.6) is 0 Å². The fourth-order valence-electron chi connectivity index (χ4n) is 0.446. The summed E-state index contributed by atoms with van der Waals surface area (Å²) in [5, 5.41) is 16.7. The standard InChI is InChI=1S/C7H13O2.Cs/c1-7(6-9)4-2-3-5-8;/h2-3,6-9H,4-5H2,1H3;/q-1;+1/b3-2+;/t7-;/m1./s1. The van der Waals surface area contributed by atoms with Crippen molar-refractivity contribution in [1.82, 2.24) is 0 Å². The summed E-state index contributed by atoms with van der Waals surface area (Å²) in [5.41, 5.74) is 0. The Balaban J connectivity index is 0. The van der Waals surface area contributed by atoms with Gasteiger partial charge in [0.25, 0.3) is 0 Å². The smallest absolute Gasteiger partial charge is 0.566 e. The molecule has 54 valence electrons. The van der Waals surface area contributed by atoms with Crippen LogP contribution in [0.2, 0.25) is 0 Å². The van der Waals surface area contributed by atoms with Crippen LogP contribution < -0.4 is 68.9 Å². The van der Waals surface area contributed by atoms with Crippen molar-refractivity contribution in [2.45, 2.75) is 13.3 Å². The molecule has 0 fully saturated rings. The third-order valence-electron chi connectivity index (χ3n) is 1.03. The minimum absolute atomic E-state index is 0. The van der Waals surface area contributed by atoms with E-state index in [0.29, 0.717) is 0 Å². The van der Waals surface area contributed by atoms with Gasteiger partial charge in [-0.3, -0.25) is 0 Å². The molecule has 0 amide bonds. The van der Waals surface area contributed by atoms with Crippen LogP contribution in [0.15, 0.2) is 12.2 Å². The second-order valence-corrected chi connectivity index (χ2v) is 2.02. The molecular weight excluding hydrogens is 249 g/mol. The fourth-order valence-corrected chi connectivity index (χ4v) is 0.446. The molecule has 0 saturated heterocycles. The van der Waals surface area contributed by atoms with E-state index in [2.05, 4.69) is 0 Å². The van der Waals surface area contributed by atoms with E-state index in [0.717, 1.165) is 13.0 Å². The van der Waals surface area contributed by atoms with Gasteiger partial charge >= 0.3 is 68.9 Å². The summed E-state index contributed by atoms with van der Waals surface area (Å²) >= 11 is 0. The first-order valence-corrected chi connectivity index (χ1v) is 3.04. The van der Waals surface area contributed by atoms with Crippen molar-refractivity contribution < 1.29 is 79.1 Å². The van der Waals surface area contributed by atoms with Crippen LogP contribution in [-0.4, -0.2) is 16.8 Å². The van der Waals surface area contributed by atoms with Gasteiger partial charge in [-0.2, -0.15) is 0 Å². The first-order valence-electron chi connectivity index (χ1n) is 3.04. The van der Waals surface area contributed by atoms with E-state index < -0.39 is 0 Å². The third-order valence-corrected chi connectivity index (χ3v) is 1.03. The Kier molecular flexibility index (Phi) is 15.3. The quantitative estimate of drug-likeness (QED) is 0.459. The predicted octanol–water partition coefficient (Wildman–Crippen LogP) is -1.90. The molecule has 0 unspecified atom stereocenters. The van der Waals surface area contributed by atoms with Crippen molar-refractivity contribution in [2.75, 3.05) is 6.61 Å². The number of aliphatic hydroxyl groups is 2. The predicted molar refractivity (Wildman–Crippen MR) is 36.2 cm³/mol. The van der Waals surface area contributed by atoms with Crippen LogP contribution in [0.3, 0.4) is 0 Å². The van der Waals surface area contributed by atoms with Crippen molar-refractivity contribution in [3.8, 4) is 0 Å². The summed E-state index contributed by atoms with van der Waals surface area (Å²) in [6.45, 7) is 3.14. The summed E-state index contributed by atoms with van der Waals surface area (Å²) in [5.74, 6) is 0.188. The van der Waals surface area contributed by atoms with Gasteiger partial charge in [0.15, 0.2) is 0 Å². The van der Waals surface area contributed by atoms with Crippen LogP contribution in [0.4, 0.5) is 0 Å². The minimum Gasteiger partial charge on any atom is -0.566 e. The Morgan fingerprint density at radius 2 is 2.10 bits per heavy atom. The van der Waals surface area contributed by atoms with Gasteiger partial charge in [0, 0.05) is 0 Å². The molecule has 0 bridgehead atoms. The summed E-state index contributed by atoms with van der Waals surface area (Å²) < 4.78 is 0. The topological polar surface area (TPSA) is 40.5 Å². The molecule has 0 rings (SSSR count). The Morgan fingerprint density at radius 1 is 1.50 bits per heavy atom. The molecule has 2 nitrogen and oxygen atoms in total. The molecular formula is C7H13CsO2. The largest absolute Gasteiger partial charge is 1.00 e. The molecule has 0 spiro atoms. The molecule has 3 heteroatoms. The Labute approximate surface area is 121 Å². The molecule has 0 aromatic heterocycles. The van der Waals surface area contributed by atoms with Gasteiger partial charge in [0.1, 0.15) is 0 Å². The van der Waals surface area contributed by atoms with Crippen LogP contribution in [0.1, 0.15) is 13.3 Å². The molecule has 0 aromatic rings. The van der Waals surface area contributed by atoms with Gasteiger partial charge in [-0.25, -0.2) is 6.61 Å². The molecule has 1 atom stereocenters. The molecule has 2 N–H and O–H groups in total. The Hall–Kier alpha value is 1.71. The SMILES string of the molecule is C[C@@H]([CH-]O)C/C=C/CO.[Cs+]. The second-order valence-electron chi connectivity index (χ2n) is 2.02. The van der Waals surface area contributed by atoms with E-state index in [1.54, 1.807) is 6.08 Å². The zero-order valence-electron chi connectivity index (χ0n) is 6.62. The van der Waals surface area contributed by atoms with Gasteiger partial charge in [-0.15, -0.1) is 5.92 Å². The van der Waals surface area contributed by atoms with Crippen LogP contribution >= 0.6 is 0 Å². The van der Waals surface area contributed by atoms with E-state index in [1.807, 2.05) is 13.0 Å². The van der Waals surface area contributed by atoms with Crippen LogP contribution in [0, 0.1) is 12.5 Å². The normalized spacial score (nSPS) is 13.1. The average molecular weight is 262 g/mol. The zero-order chi connectivity index (χ0) is 7.11. The van der Waals surface area contributed by atoms with E-state index in [4.69, 9.17) is 10.2 Å². The molecule has 0 heterocycles. The zero-order valence-corrected chi connectivity index (χ0v) is 12.9. The van der Waals surface area contributed by atoms with Crippen LogP contribution in [-0.2, 0) is 0 Å². The third kappa shape index (κ3) is 9.71. The van der Waals surface area contributed by atoms with Crippen molar-refractivity contribution in [3.05, 3.63) is 18.8 Å².